The van der Waals surface area contributed by atoms with E-state index in [-0.39, 0.29) is 17.7 Å². The van der Waals surface area contributed by atoms with E-state index in [0.717, 1.165) is 23.2 Å². The van der Waals surface area contributed by atoms with E-state index in [2.05, 4.69) is 25.6 Å². The maximum Gasteiger partial charge on any atom is 0.255 e. The molecule has 2 amide bonds. The second kappa shape index (κ2) is 7.15. The first-order valence-electron chi connectivity index (χ1n) is 8.96. The van der Waals surface area contributed by atoms with E-state index in [9.17, 15) is 9.59 Å². The predicted molar refractivity (Wildman–Crippen MR) is 104 cm³/mol. The number of carbonyl (C=O) groups is 2. The first-order chi connectivity index (χ1) is 13.5. The van der Waals surface area contributed by atoms with Crippen molar-refractivity contribution in [2.75, 3.05) is 6.54 Å². The third-order valence-corrected chi connectivity index (χ3v) is 4.37. The van der Waals surface area contributed by atoms with Crippen LogP contribution in [0.25, 0.3) is 16.9 Å². The van der Waals surface area contributed by atoms with E-state index in [1.807, 2.05) is 31.2 Å². The number of hydrogen-bond donors (Lipinski definition) is 3. The Hall–Kier alpha value is -3.68. The Balaban J connectivity index is 1.62. The summed E-state index contributed by atoms with van der Waals surface area (Å²) in [5, 5.41) is 5.58. The van der Waals surface area contributed by atoms with Gasteiger partial charge in [0.25, 0.3) is 5.91 Å². The van der Waals surface area contributed by atoms with E-state index in [1.165, 1.54) is 13.1 Å². The quantitative estimate of drug-likeness (QED) is 0.633. The van der Waals surface area contributed by atoms with Crippen LogP contribution in [0.3, 0.4) is 0 Å². The lowest BCUT2D eigenvalue weighted by Crippen LogP contribution is -2.22. The van der Waals surface area contributed by atoms with Crippen molar-refractivity contribution < 1.29 is 14.3 Å². The van der Waals surface area contributed by atoms with Crippen molar-refractivity contribution >= 4 is 28.7 Å². The molecule has 1 aromatic carbocycles. The molecule has 0 saturated carbocycles. The van der Waals surface area contributed by atoms with E-state index in [4.69, 9.17) is 4.74 Å². The Bertz CT molecular complexity index is 1120. The highest BCUT2D eigenvalue weighted by atomic mass is 16.5. The zero-order chi connectivity index (χ0) is 19.7. The number of amides is 2. The van der Waals surface area contributed by atoms with Crippen molar-refractivity contribution in [3.05, 3.63) is 53.4 Å². The maximum absolute atomic E-state index is 12.2. The van der Waals surface area contributed by atoms with Gasteiger partial charge in [0.15, 0.2) is 5.65 Å². The van der Waals surface area contributed by atoms with Crippen LogP contribution in [0, 0.1) is 0 Å². The molecule has 1 aliphatic carbocycles. The molecule has 0 saturated heterocycles. The van der Waals surface area contributed by atoms with Crippen molar-refractivity contribution in [1.29, 1.82) is 0 Å². The smallest absolute Gasteiger partial charge is 0.255 e. The predicted octanol–water partition coefficient (Wildman–Crippen LogP) is 2.53. The van der Waals surface area contributed by atoms with Crippen LogP contribution in [-0.2, 0) is 11.2 Å². The van der Waals surface area contributed by atoms with Gasteiger partial charge in [0.05, 0.1) is 11.8 Å². The van der Waals surface area contributed by atoms with Gasteiger partial charge in [-0.1, -0.05) is 12.1 Å². The average Bonchev–Trinajstić information content (AvgIpc) is 3.25. The average molecular weight is 377 g/mol. The summed E-state index contributed by atoms with van der Waals surface area (Å²) in [6, 6.07) is 5.66. The summed E-state index contributed by atoms with van der Waals surface area (Å²) in [5.74, 6) is 0.510. The number of aromatic nitrogens is 3. The van der Waals surface area contributed by atoms with E-state index in [1.54, 1.807) is 6.20 Å². The SMILES string of the molecule is CCNC(=O)c1c[nH]c2ncc(Oc3ccc4c(c3)C(NC(C)=O)=CC4)nc12. The molecule has 0 spiro atoms. The summed E-state index contributed by atoms with van der Waals surface area (Å²) >= 11 is 0. The van der Waals surface area contributed by atoms with Gasteiger partial charge in [-0.05, 0) is 31.0 Å². The summed E-state index contributed by atoms with van der Waals surface area (Å²) in [4.78, 5) is 35.2. The van der Waals surface area contributed by atoms with Gasteiger partial charge >= 0.3 is 0 Å². The molecule has 0 aliphatic heterocycles. The molecule has 4 rings (SSSR count). The molecule has 3 N–H and O–H groups in total. The van der Waals surface area contributed by atoms with Gasteiger partial charge in [-0.2, -0.15) is 0 Å². The molecule has 8 heteroatoms. The number of hydrogen-bond acceptors (Lipinski definition) is 5. The summed E-state index contributed by atoms with van der Waals surface area (Å²) in [5.41, 5.74) is 4.19. The highest BCUT2D eigenvalue weighted by molar-refractivity contribution is 6.04. The molecular formula is C20H19N5O3. The lowest BCUT2D eigenvalue weighted by atomic mass is 10.1. The number of rotatable bonds is 5. The molecule has 0 unspecified atom stereocenters. The highest BCUT2D eigenvalue weighted by Crippen LogP contribution is 2.31. The zero-order valence-corrected chi connectivity index (χ0v) is 15.5. The molecule has 2 aromatic heterocycles. The lowest BCUT2D eigenvalue weighted by molar-refractivity contribution is -0.117. The van der Waals surface area contributed by atoms with Crippen LogP contribution in [0.2, 0.25) is 0 Å². The fourth-order valence-corrected chi connectivity index (χ4v) is 3.15. The normalized spacial score (nSPS) is 12.4. The first-order valence-corrected chi connectivity index (χ1v) is 8.96. The van der Waals surface area contributed by atoms with Crippen LogP contribution in [-0.4, -0.2) is 33.3 Å². The number of carbonyl (C=O) groups excluding carboxylic acids is 2. The topological polar surface area (TPSA) is 109 Å². The summed E-state index contributed by atoms with van der Waals surface area (Å²) in [6.07, 6.45) is 5.81. The number of ether oxygens (including phenoxy) is 1. The molecule has 28 heavy (non-hydrogen) atoms. The number of fused-ring (bicyclic) bond motifs is 2. The van der Waals surface area contributed by atoms with Crippen molar-refractivity contribution in [3.63, 3.8) is 0 Å². The van der Waals surface area contributed by atoms with Crippen LogP contribution in [0.15, 0.2) is 36.7 Å². The van der Waals surface area contributed by atoms with Gasteiger partial charge in [0, 0.05) is 30.9 Å². The van der Waals surface area contributed by atoms with Crippen LogP contribution < -0.4 is 15.4 Å². The van der Waals surface area contributed by atoms with Gasteiger partial charge in [-0.15, -0.1) is 0 Å². The molecule has 142 valence electrons. The summed E-state index contributed by atoms with van der Waals surface area (Å²) in [6.45, 7) is 3.85. The largest absolute Gasteiger partial charge is 0.437 e. The van der Waals surface area contributed by atoms with Gasteiger partial charge < -0.3 is 20.4 Å². The van der Waals surface area contributed by atoms with E-state index < -0.39 is 0 Å². The molecule has 0 bridgehead atoms. The molecule has 1 aliphatic rings. The minimum Gasteiger partial charge on any atom is -0.437 e. The highest BCUT2D eigenvalue weighted by Gasteiger charge is 2.17. The second-order valence-corrected chi connectivity index (χ2v) is 6.39. The summed E-state index contributed by atoms with van der Waals surface area (Å²) in [7, 11) is 0. The third-order valence-electron chi connectivity index (χ3n) is 4.37. The van der Waals surface area contributed by atoms with Crippen LogP contribution in [0.5, 0.6) is 11.6 Å². The van der Waals surface area contributed by atoms with Gasteiger partial charge in [-0.25, -0.2) is 9.97 Å². The number of nitrogens with one attached hydrogen (secondary N) is 3. The Kier molecular flexibility index (Phi) is 4.52. The van der Waals surface area contributed by atoms with Crippen molar-refractivity contribution in [2.24, 2.45) is 0 Å². The molecule has 0 fully saturated rings. The molecule has 0 atom stereocenters. The molecule has 8 nitrogen and oxygen atoms in total. The van der Waals surface area contributed by atoms with Crippen LogP contribution in [0.1, 0.15) is 35.3 Å². The molecule has 2 heterocycles. The molecular weight excluding hydrogens is 358 g/mol. The number of H-pyrrole nitrogens is 1. The van der Waals surface area contributed by atoms with Crippen molar-refractivity contribution in [3.8, 4) is 11.6 Å². The van der Waals surface area contributed by atoms with Crippen LogP contribution >= 0.6 is 0 Å². The van der Waals surface area contributed by atoms with E-state index >= 15 is 0 Å². The van der Waals surface area contributed by atoms with Gasteiger partial charge in [0.1, 0.15) is 11.3 Å². The fourth-order valence-electron chi connectivity index (χ4n) is 3.15. The lowest BCUT2D eigenvalue weighted by Gasteiger charge is -2.10. The number of benzene rings is 1. The first kappa shape index (κ1) is 17.7. The Morgan fingerprint density at radius 2 is 2.18 bits per heavy atom. The van der Waals surface area contributed by atoms with Crippen molar-refractivity contribution in [1.82, 2.24) is 25.6 Å². The van der Waals surface area contributed by atoms with Crippen molar-refractivity contribution in [2.45, 2.75) is 20.3 Å². The second-order valence-electron chi connectivity index (χ2n) is 6.39. The Labute approximate surface area is 161 Å². The Morgan fingerprint density at radius 3 is 2.96 bits per heavy atom. The minimum absolute atomic E-state index is 0.118. The number of allylic oxidation sites excluding steroid dienone is 1. The number of aromatic amines is 1. The monoisotopic (exact) mass is 377 g/mol. The van der Waals surface area contributed by atoms with Crippen LogP contribution in [0.4, 0.5) is 0 Å². The van der Waals surface area contributed by atoms with Gasteiger partial charge in [-0.3, -0.25) is 9.59 Å². The zero-order valence-electron chi connectivity index (χ0n) is 15.5. The Morgan fingerprint density at radius 1 is 1.32 bits per heavy atom. The minimum atomic E-state index is -0.220. The fraction of sp³-hybridized carbons (Fsp3) is 0.200. The molecule has 0 radical (unpaired) electrons. The molecule has 3 aromatic rings. The maximum atomic E-state index is 12.2. The third kappa shape index (κ3) is 3.32. The standard InChI is InChI=1S/C20H19N5O3/c1-3-21-20(27)15-9-22-19-18(15)25-17(10-23-19)28-13-6-4-12-5-7-16(14(12)8-13)24-11(2)26/h4,6-10H,3,5H2,1-2H3,(H,21,27)(H,22,23)(H,24,26). The summed E-state index contributed by atoms with van der Waals surface area (Å²) < 4.78 is 5.87. The number of nitrogens with zero attached hydrogens (tertiary/aromatic N) is 2. The van der Waals surface area contributed by atoms with E-state index in [0.29, 0.717) is 29.0 Å². The van der Waals surface area contributed by atoms with Gasteiger partial charge in [0.2, 0.25) is 11.8 Å².